The maximum Gasteiger partial charge on any atom is 0.0468 e. The lowest BCUT2D eigenvalue weighted by Gasteiger charge is -2.27. The van der Waals surface area contributed by atoms with Crippen molar-refractivity contribution in [2.75, 3.05) is 19.8 Å². The smallest absolute Gasteiger partial charge is 0.0468 e. The number of nitrogens with one attached hydrogen (secondary N) is 1. The lowest BCUT2D eigenvalue weighted by atomic mass is 9.85. The summed E-state index contributed by atoms with van der Waals surface area (Å²) in [4.78, 5) is 0. The summed E-state index contributed by atoms with van der Waals surface area (Å²) in [5.41, 5.74) is 1.43. The molecule has 1 aliphatic carbocycles. The van der Waals surface area contributed by atoms with E-state index < -0.39 is 0 Å². The molecule has 1 saturated heterocycles. The van der Waals surface area contributed by atoms with E-state index in [-0.39, 0.29) is 0 Å². The third-order valence-electron chi connectivity index (χ3n) is 4.53. The monoisotopic (exact) mass is 293 g/mol. The quantitative estimate of drug-likeness (QED) is 0.856. The molecule has 2 aliphatic rings. The first-order valence-electron chi connectivity index (χ1n) is 7.88. The van der Waals surface area contributed by atoms with E-state index >= 15 is 0 Å². The predicted octanol–water partition coefficient (Wildman–Crippen LogP) is 3.99. The van der Waals surface area contributed by atoms with Gasteiger partial charge in [0.05, 0.1) is 0 Å². The molecule has 110 valence electrons. The van der Waals surface area contributed by atoms with Gasteiger partial charge in [-0.2, -0.15) is 0 Å². The molecule has 0 spiro atoms. The van der Waals surface area contributed by atoms with Gasteiger partial charge in [0.15, 0.2) is 0 Å². The van der Waals surface area contributed by atoms with Crippen LogP contribution in [-0.4, -0.2) is 25.8 Å². The van der Waals surface area contributed by atoms with Crippen LogP contribution >= 0.6 is 11.6 Å². The van der Waals surface area contributed by atoms with Crippen LogP contribution in [0.5, 0.6) is 0 Å². The highest BCUT2D eigenvalue weighted by Gasteiger charge is 2.25. The Labute approximate surface area is 126 Å². The number of ether oxygens (including phenoxy) is 1. The van der Waals surface area contributed by atoms with Crippen LogP contribution in [0.25, 0.3) is 0 Å². The van der Waals surface area contributed by atoms with Crippen molar-refractivity contribution in [1.82, 2.24) is 5.32 Å². The van der Waals surface area contributed by atoms with Crippen LogP contribution in [0.2, 0.25) is 5.02 Å². The van der Waals surface area contributed by atoms with Crippen LogP contribution < -0.4 is 5.32 Å². The van der Waals surface area contributed by atoms with Gasteiger partial charge in [-0.25, -0.2) is 0 Å². The molecule has 20 heavy (non-hydrogen) atoms. The van der Waals surface area contributed by atoms with Gasteiger partial charge in [0.2, 0.25) is 0 Å². The summed E-state index contributed by atoms with van der Waals surface area (Å²) in [5, 5.41) is 4.52. The predicted molar refractivity (Wildman–Crippen MR) is 83.4 cm³/mol. The molecule has 0 aromatic heterocycles. The highest BCUT2D eigenvalue weighted by Crippen LogP contribution is 2.30. The normalized spacial score (nSPS) is 21.9. The molecule has 0 bridgehead atoms. The Balaban J connectivity index is 1.63. The fourth-order valence-corrected chi connectivity index (χ4v) is 3.18. The highest BCUT2D eigenvalue weighted by molar-refractivity contribution is 6.30. The minimum Gasteiger partial charge on any atom is -0.381 e. The van der Waals surface area contributed by atoms with Gasteiger partial charge in [0.1, 0.15) is 0 Å². The average Bonchev–Trinajstić information content (AvgIpc) is 3.30. The van der Waals surface area contributed by atoms with Crippen molar-refractivity contribution in [2.24, 2.45) is 5.92 Å². The van der Waals surface area contributed by atoms with Gasteiger partial charge in [-0.1, -0.05) is 23.7 Å². The van der Waals surface area contributed by atoms with Crippen molar-refractivity contribution >= 4 is 11.6 Å². The van der Waals surface area contributed by atoms with Gasteiger partial charge in [-0.15, -0.1) is 0 Å². The molecular formula is C17H24ClNO. The Morgan fingerprint density at radius 1 is 1.10 bits per heavy atom. The first-order chi connectivity index (χ1) is 9.81. The number of rotatable bonds is 6. The van der Waals surface area contributed by atoms with Crippen molar-refractivity contribution in [2.45, 2.75) is 44.1 Å². The Hall–Kier alpha value is -0.570. The molecule has 1 atom stereocenters. The molecule has 2 nitrogen and oxygen atoms in total. The van der Waals surface area contributed by atoms with E-state index in [4.69, 9.17) is 16.3 Å². The van der Waals surface area contributed by atoms with Gasteiger partial charge in [0.25, 0.3) is 0 Å². The molecule has 0 radical (unpaired) electrons. The largest absolute Gasteiger partial charge is 0.381 e. The van der Waals surface area contributed by atoms with Crippen molar-refractivity contribution in [3.63, 3.8) is 0 Å². The fraction of sp³-hybridized carbons (Fsp3) is 0.647. The summed E-state index contributed by atoms with van der Waals surface area (Å²) >= 11 is 6.01. The van der Waals surface area contributed by atoms with Crippen molar-refractivity contribution < 1.29 is 4.74 Å². The minimum atomic E-state index is 0.607. The van der Waals surface area contributed by atoms with E-state index in [1.165, 1.54) is 37.7 Å². The van der Waals surface area contributed by atoms with Gasteiger partial charge < -0.3 is 10.1 Å². The summed E-state index contributed by atoms with van der Waals surface area (Å²) in [6.45, 7) is 2.98. The second kappa shape index (κ2) is 6.93. The van der Waals surface area contributed by atoms with Crippen LogP contribution in [0.15, 0.2) is 24.3 Å². The van der Waals surface area contributed by atoms with E-state index in [9.17, 15) is 0 Å². The van der Waals surface area contributed by atoms with Gasteiger partial charge in [-0.05, 0) is 61.6 Å². The molecule has 1 unspecified atom stereocenters. The van der Waals surface area contributed by atoms with Crippen molar-refractivity contribution in [3.8, 4) is 0 Å². The summed E-state index contributed by atoms with van der Waals surface area (Å²) in [6.07, 6.45) is 6.40. The number of hydrogen-bond donors (Lipinski definition) is 1. The lowest BCUT2D eigenvalue weighted by molar-refractivity contribution is 0.0616. The van der Waals surface area contributed by atoms with Crippen LogP contribution in [0.3, 0.4) is 0 Å². The molecule has 1 saturated carbocycles. The molecule has 2 fully saturated rings. The van der Waals surface area contributed by atoms with Crippen molar-refractivity contribution in [1.29, 1.82) is 0 Å². The first kappa shape index (κ1) is 14.4. The Kier molecular flexibility index (Phi) is 4.98. The molecule has 1 N–H and O–H groups in total. The lowest BCUT2D eigenvalue weighted by Crippen LogP contribution is -2.26. The third-order valence-corrected chi connectivity index (χ3v) is 4.78. The molecule has 3 rings (SSSR count). The standard InChI is InChI=1S/C17H24ClNO/c18-16-3-1-14(2-4-16)15(12-19-17-5-6-17)11-13-7-9-20-10-8-13/h1-4,13,15,17,19H,5-12H2. The molecular weight excluding hydrogens is 270 g/mol. The minimum absolute atomic E-state index is 0.607. The topological polar surface area (TPSA) is 21.3 Å². The zero-order valence-electron chi connectivity index (χ0n) is 12.0. The fourth-order valence-electron chi connectivity index (χ4n) is 3.05. The zero-order valence-corrected chi connectivity index (χ0v) is 12.7. The Morgan fingerprint density at radius 3 is 2.45 bits per heavy atom. The molecule has 1 aromatic carbocycles. The molecule has 0 amide bonds. The SMILES string of the molecule is Clc1ccc(C(CNC2CC2)CC2CCOCC2)cc1. The summed E-state index contributed by atoms with van der Waals surface area (Å²) < 4.78 is 5.48. The van der Waals surface area contributed by atoms with E-state index in [2.05, 4.69) is 17.4 Å². The van der Waals surface area contributed by atoms with Gasteiger partial charge >= 0.3 is 0 Å². The third kappa shape index (κ3) is 4.21. The van der Waals surface area contributed by atoms with E-state index in [0.29, 0.717) is 5.92 Å². The summed E-state index contributed by atoms with van der Waals surface area (Å²) in [7, 11) is 0. The van der Waals surface area contributed by atoms with Crippen LogP contribution in [0.1, 0.15) is 43.6 Å². The maximum atomic E-state index is 6.01. The van der Waals surface area contributed by atoms with E-state index in [0.717, 1.165) is 36.7 Å². The van der Waals surface area contributed by atoms with E-state index in [1.54, 1.807) is 0 Å². The summed E-state index contributed by atoms with van der Waals surface area (Å²) in [5.74, 6) is 1.42. The zero-order chi connectivity index (χ0) is 13.8. The van der Waals surface area contributed by atoms with Crippen LogP contribution in [0.4, 0.5) is 0 Å². The average molecular weight is 294 g/mol. The van der Waals surface area contributed by atoms with Crippen LogP contribution in [0, 0.1) is 5.92 Å². The van der Waals surface area contributed by atoms with Crippen molar-refractivity contribution in [3.05, 3.63) is 34.9 Å². The van der Waals surface area contributed by atoms with E-state index in [1.807, 2.05) is 12.1 Å². The molecule has 1 aromatic rings. The first-order valence-corrected chi connectivity index (χ1v) is 8.25. The number of halogens is 1. The maximum absolute atomic E-state index is 6.01. The highest BCUT2D eigenvalue weighted by atomic mass is 35.5. The number of benzene rings is 1. The van der Waals surface area contributed by atoms with Gasteiger partial charge in [0, 0.05) is 30.8 Å². The second-order valence-electron chi connectivity index (χ2n) is 6.22. The molecule has 1 heterocycles. The van der Waals surface area contributed by atoms with Crippen LogP contribution in [-0.2, 0) is 4.74 Å². The Bertz CT molecular complexity index is 410. The molecule has 1 aliphatic heterocycles. The Morgan fingerprint density at radius 2 is 1.80 bits per heavy atom. The van der Waals surface area contributed by atoms with Gasteiger partial charge in [-0.3, -0.25) is 0 Å². The second-order valence-corrected chi connectivity index (χ2v) is 6.66. The molecule has 3 heteroatoms. The summed E-state index contributed by atoms with van der Waals surface area (Å²) in [6, 6.07) is 9.21. The number of hydrogen-bond acceptors (Lipinski definition) is 2.